The van der Waals surface area contributed by atoms with Crippen molar-refractivity contribution in [2.75, 3.05) is 25.6 Å². The van der Waals surface area contributed by atoms with Crippen molar-refractivity contribution >= 4 is 16.5 Å². The molecule has 1 N–H and O–H groups in total. The van der Waals surface area contributed by atoms with E-state index in [1.54, 1.807) is 29.5 Å². The minimum atomic E-state index is 0.656. The maximum Gasteiger partial charge on any atom is 0.183 e. The summed E-state index contributed by atoms with van der Waals surface area (Å²) in [4.78, 5) is 4.57. The molecule has 1 aromatic carbocycles. The van der Waals surface area contributed by atoms with E-state index in [-0.39, 0.29) is 0 Å². The molecule has 0 spiro atoms. The fraction of sp³-hybridized carbons (Fsp3) is 0.231. The monoisotopic (exact) mass is 302 g/mol. The lowest BCUT2D eigenvalue weighted by molar-refractivity contribution is 0.211. The molecule has 0 atom stereocenters. The molecule has 0 saturated heterocycles. The van der Waals surface area contributed by atoms with Gasteiger partial charge in [0, 0.05) is 24.6 Å². The Balaban J connectivity index is 1.79. The van der Waals surface area contributed by atoms with Gasteiger partial charge in [0.15, 0.2) is 5.13 Å². The van der Waals surface area contributed by atoms with Crippen LogP contribution in [0.2, 0.25) is 0 Å². The van der Waals surface area contributed by atoms with Crippen LogP contribution in [-0.2, 0) is 4.74 Å². The number of hydrogen-bond acceptors (Lipinski definition) is 7. The van der Waals surface area contributed by atoms with E-state index in [9.17, 15) is 0 Å². The van der Waals surface area contributed by atoms with E-state index in [1.165, 1.54) is 0 Å². The molecule has 8 heteroatoms. The number of tetrazole rings is 1. The van der Waals surface area contributed by atoms with Crippen LogP contribution in [0.1, 0.15) is 0 Å². The third-order valence-electron chi connectivity index (χ3n) is 2.84. The van der Waals surface area contributed by atoms with E-state index in [0.717, 1.165) is 28.6 Å². The molecule has 2 heterocycles. The minimum absolute atomic E-state index is 0.656. The number of benzene rings is 1. The Kier molecular flexibility index (Phi) is 4.17. The van der Waals surface area contributed by atoms with Crippen LogP contribution >= 0.6 is 11.3 Å². The first kappa shape index (κ1) is 13.7. The zero-order valence-corrected chi connectivity index (χ0v) is 12.2. The van der Waals surface area contributed by atoms with Crippen LogP contribution in [0.15, 0.2) is 36.0 Å². The first-order valence-electron chi connectivity index (χ1n) is 6.39. The van der Waals surface area contributed by atoms with Crippen molar-refractivity contribution < 1.29 is 4.74 Å². The molecule has 7 nitrogen and oxygen atoms in total. The highest BCUT2D eigenvalue weighted by molar-refractivity contribution is 7.14. The summed E-state index contributed by atoms with van der Waals surface area (Å²) in [5, 5.41) is 17.3. The van der Waals surface area contributed by atoms with E-state index < -0.39 is 0 Å². The second-order valence-electron chi connectivity index (χ2n) is 4.26. The number of thiazole rings is 1. The lowest BCUT2D eigenvalue weighted by atomic mass is 10.1. The maximum absolute atomic E-state index is 5.00. The smallest absolute Gasteiger partial charge is 0.183 e. The highest BCUT2D eigenvalue weighted by Gasteiger charge is 2.06. The van der Waals surface area contributed by atoms with Crippen LogP contribution in [0.3, 0.4) is 0 Å². The first-order chi connectivity index (χ1) is 10.4. The number of rotatable bonds is 6. The Morgan fingerprint density at radius 3 is 3.14 bits per heavy atom. The summed E-state index contributed by atoms with van der Waals surface area (Å²) in [5.74, 6) is 0. The lowest BCUT2D eigenvalue weighted by Crippen LogP contribution is -2.07. The number of anilines is 1. The predicted octanol–water partition coefficient (Wildman–Crippen LogP) is 1.84. The van der Waals surface area contributed by atoms with Gasteiger partial charge in [0.05, 0.1) is 18.0 Å². The van der Waals surface area contributed by atoms with Crippen LogP contribution in [0, 0.1) is 0 Å². The van der Waals surface area contributed by atoms with Crippen molar-refractivity contribution in [1.29, 1.82) is 0 Å². The van der Waals surface area contributed by atoms with Gasteiger partial charge in [-0.05, 0) is 22.6 Å². The Hall–Kier alpha value is -2.32. The number of hydrogen-bond donors (Lipinski definition) is 1. The molecular weight excluding hydrogens is 288 g/mol. The summed E-state index contributed by atoms with van der Waals surface area (Å²) in [6, 6.07) is 7.93. The number of nitrogens with one attached hydrogen (secondary N) is 1. The Bertz CT molecular complexity index is 696. The van der Waals surface area contributed by atoms with Crippen LogP contribution in [0.4, 0.5) is 5.13 Å². The second kappa shape index (κ2) is 6.42. The van der Waals surface area contributed by atoms with Gasteiger partial charge in [-0.3, -0.25) is 0 Å². The van der Waals surface area contributed by atoms with Gasteiger partial charge >= 0.3 is 0 Å². The fourth-order valence-corrected chi connectivity index (χ4v) is 2.58. The molecule has 0 aliphatic rings. The first-order valence-corrected chi connectivity index (χ1v) is 7.27. The molecule has 0 bridgehead atoms. The number of aromatic nitrogens is 5. The molecule has 0 unspecified atom stereocenters. The molecule has 3 rings (SSSR count). The summed E-state index contributed by atoms with van der Waals surface area (Å²) >= 11 is 1.57. The Labute approximate surface area is 125 Å². The van der Waals surface area contributed by atoms with Crippen molar-refractivity contribution in [2.45, 2.75) is 0 Å². The SMILES string of the molecule is COCCNc1nc(-c2cccc(-n3cnnn3)c2)cs1. The molecule has 0 saturated carbocycles. The molecule has 0 aliphatic heterocycles. The van der Waals surface area contributed by atoms with E-state index in [2.05, 4.69) is 25.8 Å². The molecule has 0 amide bonds. The summed E-state index contributed by atoms with van der Waals surface area (Å²) in [6.45, 7) is 1.40. The highest BCUT2D eigenvalue weighted by Crippen LogP contribution is 2.26. The molecule has 2 aromatic heterocycles. The van der Waals surface area contributed by atoms with Gasteiger partial charge in [0.25, 0.3) is 0 Å². The van der Waals surface area contributed by atoms with Crippen LogP contribution in [0.25, 0.3) is 16.9 Å². The lowest BCUT2D eigenvalue weighted by Gasteiger charge is -2.02. The van der Waals surface area contributed by atoms with Crippen molar-refractivity contribution in [3.05, 3.63) is 36.0 Å². The molecule has 0 radical (unpaired) electrons. The van der Waals surface area contributed by atoms with Gasteiger partial charge in [0.1, 0.15) is 6.33 Å². The minimum Gasteiger partial charge on any atom is -0.383 e. The van der Waals surface area contributed by atoms with Crippen LogP contribution in [-0.4, -0.2) is 45.5 Å². The van der Waals surface area contributed by atoms with E-state index >= 15 is 0 Å². The van der Waals surface area contributed by atoms with Crippen molar-refractivity contribution in [2.24, 2.45) is 0 Å². The van der Waals surface area contributed by atoms with Gasteiger partial charge in [-0.15, -0.1) is 16.4 Å². The quantitative estimate of drug-likeness (QED) is 0.700. The van der Waals surface area contributed by atoms with Gasteiger partial charge in [-0.1, -0.05) is 12.1 Å². The molecular formula is C13H14N6OS. The van der Waals surface area contributed by atoms with Crippen LogP contribution in [0.5, 0.6) is 0 Å². The van der Waals surface area contributed by atoms with E-state index in [1.807, 2.05) is 29.6 Å². The van der Waals surface area contributed by atoms with Gasteiger partial charge < -0.3 is 10.1 Å². The number of nitrogens with zero attached hydrogens (tertiary/aromatic N) is 5. The maximum atomic E-state index is 5.00. The fourth-order valence-electron chi connectivity index (χ4n) is 1.83. The molecule has 21 heavy (non-hydrogen) atoms. The summed E-state index contributed by atoms with van der Waals surface area (Å²) in [5.41, 5.74) is 2.85. The van der Waals surface area contributed by atoms with Crippen molar-refractivity contribution in [3.63, 3.8) is 0 Å². The average molecular weight is 302 g/mol. The normalized spacial score (nSPS) is 10.7. The highest BCUT2D eigenvalue weighted by atomic mass is 32.1. The third kappa shape index (κ3) is 3.23. The Morgan fingerprint density at radius 1 is 1.38 bits per heavy atom. The third-order valence-corrected chi connectivity index (χ3v) is 3.64. The van der Waals surface area contributed by atoms with Gasteiger partial charge in [-0.25, -0.2) is 9.67 Å². The Morgan fingerprint density at radius 2 is 2.33 bits per heavy atom. The van der Waals surface area contributed by atoms with Gasteiger partial charge in [-0.2, -0.15) is 0 Å². The topological polar surface area (TPSA) is 77.8 Å². The predicted molar refractivity (Wildman–Crippen MR) is 80.6 cm³/mol. The molecule has 0 aliphatic carbocycles. The summed E-state index contributed by atoms with van der Waals surface area (Å²) < 4.78 is 6.62. The molecule has 3 aromatic rings. The molecule has 0 fully saturated rings. The van der Waals surface area contributed by atoms with Crippen molar-refractivity contribution in [3.8, 4) is 16.9 Å². The largest absolute Gasteiger partial charge is 0.383 e. The zero-order chi connectivity index (χ0) is 14.5. The van der Waals surface area contributed by atoms with E-state index in [0.29, 0.717) is 6.61 Å². The van der Waals surface area contributed by atoms with Crippen molar-refractivity contribution in [1.82, 2.24) is 25.2 Å². The van der Waals surface area contributed by atoms with Gasteiger partial charge in [0.2, 0.25) is 0 Å². The number of methoxy groups -OCH3 is 1. The second-order valence-corrected chi connectivity index (χ2v) is 5.12. The molecule has 108 valence electrons. The summed E-state index contributed by atoms with van der Waals surface area (Å²) in [7, 11) is 1.68. The average Bonchev–Trinajstić information content (AvgIpc) is 3.20. The van der Waals surface area contributed by atoms with E-state index in [4.69, 9.17) is 4.74 Å². The summed E-state index contributed by atoms with van der Waals surface area (Å²) in [6.07, 6.45) is 1.57. The number of ether oxygens (including phenoxy) is 1. The standard InChI is InChI=1S/C13H14N6OS/c1-20-6-5-14-13-16-12(8-21-13)10-3-2-4-11(7-10)19-9-15-17-18-19/h2-4,7-9H,5-6H2,1H3,(H,14,16). The van der Waals surface area contributed by atoms with Crippen LogP contribution < -0.4 is 5.32 Å². The zero-order valence-electron chi connectivity index (χ0n) is 11.4.